The highest BCUT2D eigenvalue weighted by molar-refractivity contribution is 7.14. The molecule has 0 radical (unpaired) electrons. The van der Waals surface area contributed by atoms with Gasteiger partial charge in [0.25, 0.3) is 5.91 Å². The molecule has 2 rings (SSSR count). The minimum Gasteiger partial charge on any atom is -0.480 e. The van der Waals surface area contributed by atoms with Gasteiger partial charge in [-0.3, -0.25) is 14.5 Å². The first kappa shape index (κ1) is 17.9. The van der Waals surface area contributed by atoms with Gasteiger partial charge in [-0.15, -0.1) is 11.3 Å². The Bertz CT molecular complexity index is 562. The molecule has 0 atom stereocenters. The van der Waals surface area contributed by atoms with Gasteiger partial charge in [0.15, 0.2) is 0 Å². The molecule has 2 heterocycles. The van der Waals surface area contributed by atoms with E-state index in [2.05, 4.69) is 19.9 Å². The zero-order valence-electron chi connectivity index (χ0n) is 14.2. The predicted octanol–water partition coefficient (Wildman–Crippen LogP) is 2.63. The van der Waals surface area contributed by atoms with Gasteiger partial charge in [-0.25, -0.2) is 0 Å². The van der Waals surface area contributed by atoms with Crippen molar-refractivity contribution < 1.29 is 14.7 Å². The van der Waals surface area contributed by atoms with Crippen molar-refractivity contribution in [1.29, 1.82) is 0 Å². The van der Waals surface area contributed by atoms with E-state index in [9.17, 15) is 9.59 Å². The largest absolute Gasteiger partial charge is 0.480 e. The fraction of sp³-hybridized carbons (Fsp3) is 0.647. The number of carboxylic acid groups (broad SMARTS) is 1. The molecule has 6 heteroatoms. The normalized spacial score (nSPS) is 16.1. The van der Waals surface area contributed by atoms with Crippen LogP contribution in [0.15, 0.2) is 6.07 Å². The quantitative estimate of drug-likeness (QED) is 0.866. The third-order valence-corrected chi connectivity index (χ3v) is 5.59. The Morgan fingerprint density at radius 3 is 2.61 bits per heavy atom. The summed E-state index contributed by atoms with van der Waals surface area (Å²) in [5, 5.41) is 8.87. The van der Waals surface area contributed by atoms with Crippen LogP contribution in [-0.4, -0.2) is 59.5 Å². The summed E-state index contributed by atoms with van der Waals surface area (Å²) in [6.45, 7) is 5.70. The molecule has 23 heavy (non-hydrogen) atoms. The second-order valence-electron chi connectivity index (χ2n) is 6.27. The van der Waals surface area contributed by atoms with Crippen molar-refractivity contribution in [2.45, 2.75) is 45.6 Å². The molecular weight excluding hydrogens is 312 g/mol. The molecule has 0 spiro atoms. The standard InChI is InChI=1S/C17H26N2O3S/c1-4-5-13-10-15(23-12(13)2)17(22)19-8-6-14(7-9-19)18(3)11-16(20)21/h10,14H,4-9,11H2,1-3H3,(H,20,21). The Morgan fingerprint density at radius 2 is 2.04 bits per heavy atom. The molecule has 1 saturated heterocycles. The van der Waals surface area contributed by atoms with E-state index in [0.29, 0.717) is 13.1 Å². The van der Waals surface area contributed by atoms with Crippen LogP contribution in [0.25, 0.3) is 0 Å². The van der Waals surface area contributed by atoms with Crippen LogP contribution in [0.3, 0.4) is 0 Å². The lowest BCUT2D eigenvalue weighted by molar-refractivity contribution is -0.138. The van der Waals surface area contributed by atoms with Gasteiger partial charge in [0, 0.05) is 24.0 Å². The second kappa shape index (κ2) is 7.93. The van der Waals surface area contributed by atoms with E-state index >= 15 is 0 Å². The van der Waals surface area contributed by atoms with Gasteiger partial charge in [-0.1, -0.05) is 13.3 Å². The molecule has 128 valence electrons. The first-order chi connectivity index (χ1) is 10.9. The Hall–Kier alpha value is -1.40. The highest BCUT2D eigenvalue weighted by atomic mass is 32.1. The number of aliphatic carboxylic acids is 1. The number of carboxylic acids is 1. The van der Waals surface area contributed by atoms with E-state index < -0.39 is 5.97 Å². The van der Waals surface area contributed by atoms with E-state index in [4.69, 9.17) is 5.11 Å². The van der Waals surface area contributed by atoms with Crippen molar-refractivity contribution in [3.8, 4) is 0 Å². The minimum absolute atomic E-state index is 0.0586. The third-order valence-electron chi connectivity index (χ3n) is 4.51. The maximum Gasteiger partial charge on any atom is 0.317 e. The van der Waals surface area contributed by atoms with Crippen LogP contribution in [0.4, 0.5) is 0 Å². The van der Waals surface area contributed by atoms with Crippen molar-refractivity contribution >= 4 is 23.2 Å². The first-order valence-electron chi connectivity index (χ1n) is 8.23. The Kier molecular flexibility index (Phi) is 6.18. The number of hydrogen-bond donors (Lipinski definition) is 1. The Balaban J connectivity index is 1.93. The molecule has 1 aliphatic rings. The number of amides is 1. The van der Waals surface area contributed by atoms with E-state index in [0.717, 1.165) is 30.6 Å². The van der Waals surface area contributed by atoms with E-state index in [1.54, 1.807) is 11.3 Å². The summed E-state index contributed by atoms with van der Waals surface area (Å²) in [7, 11) is 1.84. The highest BCUT2D eigenvalue weighted by Crippen LogP contribution is 2.25. The van der Waals surface area contributed by atoms with Gasteiger partial charge < -0.3 is 10.0 Å². The van der Waals surface area contributed by atoms with Gasteiger partial charge in [-0.05, 0) is 44.9 Å². The molecule has 0 bridgehead atoms. The number of rotatable bonds is 6. The monoisotopic (exact) mass is 338 g/mol. The number of nitrogens with zero attached hydrogens (tertiary/aromatic N) is 2. The summed E-state index contributed by atoms with van der Waals surface area (Å²) in [6, 6.07) is 2.30. The van der Waals surface area contributed by atoms with Crippen LogP contribution in [-0.2, 0) is 11.2 Å². The van der Waals surface area contributed by atoms with Gasteiger partial charge in [-0.2, -0.15) is 0 Å². The second-order valence-corrected chi connectivity index (χ2v) is 7.53. The topological polar surface area (TPSA) is 60.9 Å². The van der Waals surface area contributed by atoms with E-state index in [1.807, 2.05) is 16.8 Å². The summed E-state index contributed by atoms with van der Waals surface area (Å²) in [5.41, 5.74) is 1.29. The zero-order valence-corrected chi connectivity index (χ0v) is 15.0. The minimum atomic E-state index is -0.802. The van der Waals surface area contributed by atoms with Crippen LogP contribution in [0.1, 0.15) is 46.3 Å². The number of hydrogen-bond acceptors (Lipinski definition) is 4. The SMILES string of the molecule is CCCc1cc(C(=O)N2CCC(N(C)CC(=O)O)CC2)sc1C. The van der Waals surface area contributed by atoms with Crippen LogP contribution in [0.5, 0.6) is 0 Å². The number of carbonyl (C=O) groups is 2. The van der Waals surface area contributed by atoms with E-state index in [1.165, 1.54) is 10.4 Å². The zero-order chi connectivity index (χ0) is 17.0. The number of thiophene rings is 1. The van der Waals surface area contributed by atoms with E-state index in [-0.39, 0.29) is 18.5 Å². The van der Waals surface area contributed by atoms with Crippen molar-refractivity contribution in [1.82, 2.24) is 9.80 Å². The molecule has 1 fully saturated rings. The average molecular weight is 338 g/mol. The van der Waals surface area contributed by atoms with Gasteiger partial charge in [0.1, 0.15) is 0 Å². The van der Waals surface area contributed by atoms with Gasteiger partial charge >= 0.3 is 5.97 Å². The molecule has 1 N–H and O–H groups in total. The summed E-state index contributed by atoms with van der Waals surface area (Å²) in [6.07, 6.45) is 3.79. The van der Waals surface area contributed by atoms with Crippen LogP contribution < -0.4 is 0 Å². The number of piperidine rings is 1. The smallest absolute Gasteiger partial charge is 0.317 e. The fourth-order valence-electron chi connectivity index (χ4n) is 3.15. The van der Waals surface area contributed by atoms with Crippen molar-refractivity contribution in [2.75, 3.05) is 26.7 Å². The highest BCUT2D eigenvalue weighted by Gasteiger charge is 2.27. The molecular formula is C17H26N2O3S. The lowest BCUT2D eigenvalue weighted by Gasteiger charge is -2.36. The van der Waals surface area contributed by atoms with Gasteiger partial charge in [0.05, 0.1) is 11.4 Å². The molecule has 0 aromatic carbocycles. The molecule has 0 unspecified atom stereocenters. The van der Waals surface area contributed by atoms with Crippen molar-refractivity contribution in [3.05, 3.63) is 21.4 Å². The van der Waals surface area contributed by atoms with Crippen LogP contribution in [0, 0.1) is 6.92 Å². The predicted molar refractivity (Wildman–Crippen MR) is 92.2 cm³/mol. The van der Waals surface area contributed by atoms with Crippen LogP contribution in [0.2, 0.25) is 0 Å². The fourth-order valence-corrected chi connectivity index (χ4v) is 4.19. The molecule has 1 aliphatic heterocycles. The van der Waals surface area contributed by atoms with Crippen molar-refractivity contribution in [2.24, 2.45) is 0 Å². The summed E-state index contributed by atoms with van der Waals surface area (Å²) in [5.74, 6) is -0.677. The molecule has 0 saturated carbocycles. The first-order valence-corrected chi connectivity index (χ1v) is 9.04. The molecule has 5 nitrogen and oxygen atoms in total. The van der Waals surface area contributed by atoms with Crippen LogP contribution >= 0.6 is 11.3 Å². The van der Waals surface area contributed by atoms with Gasteiger partial charge in [0.2, 0.25) is 0 Å². The summed E-state index contributed by atoms with van der Waals surface area (Å²) in [4.78, 5) is 29.3. The summed E-state index contributed by atoms with van der Waals surface area (Å²) < 4.78 is 0. The molecule has 1 amide bonds. The summed E-state index contributed by atoms with van der Waals surface area (Å²) >= 11 is 1.59. The Morgan fingerprint density at radius 1 is 1.39 bits per heavy atom. The maximum absolute atomic E-state index is 12.7. The molecule has 1 aromatic rings. The third kappa shape index (κ3) is 4.54. The number of likely N-dealkylation sites (tertiary alicyclic amines) is 1. The molecule has 0 aliphatic carbocycles. The maximum atomic E-state index is 12.7. The lowest BCUT2D eigenvalue weighted by atomic mass is 10.0. The number of carbonyl (C=O) groups excluding carboxylic acids is 1. The number of likely N-dealkylation sites (N-methyl/N-ethyl adjacent to an activating group) is 1. The lowest BCUT2D eigenvalue weighted by Crippen LogP contribution is -2.46. The number of aryl methyl sites for hydroxylation is 2. The Labute approximate surface area is 141 Å². The molecule has 1 aromatic heterocycles. The average Bonchev–Trinajstić information content (AvgIpc) is 2.87. The van der Waals surface area contributed by atoms with Crippen molar-refractivity contribution in [3.63, 3.8) is 0 Å².